The lowest BCUT2D eigenvalue weighted by Gasteiger charge is -2.11. The molecule has 1 aliphatic carbocycles. The number of nitrogens with one attached hydrogen (secondary N) is 2. The summed E-state index contributed by atoms with van der Waals surface area (Å²) in [6, 6.07) is 16.8. The van der Waals surface area contributed by atoms with Crippen molar-refractivity contribution >= 4 is 34.0 Å². The minimum Gasteiger partial charge on any atom is -0.326 e. The van der Waals surface area contributed by atoms with Gasteiger partial charge in [0.25, 0.3) is 5.91 Å². The van der Waals surface area contributed by atoms with Gasteiger partial charge in [-0.1, -0.05) is 30.3 Å². The Hall–Kier alpha value is -2.99. The van der Waals surface area contributed by atoms with Crippen LogP contribution in [0.4, 0.5) is 10.8 Å². The predicted molar refractivity (Wildman–Crippen MR) is 107 cm³/mol. The third kappa shape index (κ3) is 3.75. The lowest BCUT2D eigenvalue weighted by atomic mass is 10.1. The van der Waals surface area contributed by atoms with Gasteiger partial charge < -0.3 is 5.32 Å². The first-order valence-electron chi connectivity index (χ1n) is 8.83. The number of hydrogen-bond acceptors (Lipinski definition) is 4. The fourth-order valence-corrected chi connectivity index (χ4v) is 4.28. The van der Waals surface area contributed by atoms with Gasteiger partial charge in [0.15, 0.2) is 5.13 Å². The van der Waals surface area contributed by atoms with E-state index in [1.54, 1.807) is 12.1 Å². The molecule has 1 aliphatic rings. The van der Waals surface area contributed by atoms with Crippen LogP contribution in [0.15, 0.2) is 54.6 Å². The Morgan fingerprint density at radius 2 is 1.89 bits per heavy atom. The summed E-state index contributed by atoms with van der Waals surface area (Å²) < 4.78 is 0. The van der Waals surface area contributed by atoms with Crippen LogP contribution in [0, 0.1) is 6.92 Å². The molecular formula is C21H19N3O2S. The molecule has 0 saturated heterocycles. The number of aromatic nitrogens is 1. The number of anilines is 2. The molecule has 5 nitrogen and oxygen atoms in total. The van der Waals surface area contributed by atoms with Crippen LogP contribution < -0.4 is 10.6 Å². The fraction of sp³-hybridized carbons (Fsp3) is 0.190. The summed E-state index contributed by atoms with van der Waals surface area (Å²) in [6.45, 7) is 1.99. The van der Waals surface area contributed by atoms with E-state index in [2.05, 4.69) is 15.6 Å². The molecule has 1 heterocycles. The lowest BCUT2D eigenvalue weighted by Crippen LogP contribution is -2.20. The van der Waals surface area contributed by atoms with Crippen LogP contribution in [0.5, 0.6) is 0 Å². The van der Waals surface area contributed by atoms with Gasteiger partial charge in [-0.05, 0) is 49.6 Å². The van der Waals surface area contributed by atoms with E-state index in [1.807, 2.05) is 49.4 Å². The second-order valence-electron chi connectivity index (χ2n) is 6.60. The molecule has 1 aromatic heterocycles. The molecule has 27 heavy (non-hydrogen) atoms. The van der Waals surface area contributed by atoms with Crippen molar-refractivity contribution in [3.05, 3.63) is 76.3 Å². The zero-order valence-corrected chi connectivity index (χ0v) is 15.7. The summed E-state index contributed by atoms with van der Waals surface area (Å²) in [6.07, 6.45) is 1.55. The van der Waals surface area contributed by atoms with Crippen LogP contribution >= 0.6 is 11.3 Å². The number of aryl methyl sites for hydroxylation is 2. The van der Waals surface area contributed by atoms with Crippen molar-refractivity contribution in [1.82, 2.24) is 4.98 Å². The van der Waals surface area contributed by atoms with Crippen LogP contribution in [-0.2, 0) is 11.2 Å². The molecule has 0 bridgehead atoms. The number of amides is 2. The number of fused-ring (bicyclic) bond motifs is 1. The van der Waals surface area contributed by atoms with Crippen LogP contribution in [0.2, 0.25) is 0 Å². The maximum Gasteiger partial charge on any atom is 0.257 e. The second-order valence-corrected chi connectivity index (χ2v) is 7.68. The maximum absolute atomic E-state index is 12.7. The maximum atomic E-state index is 12.7. The Bertz CT molecular complexity index is 998. The van der Waals surface area contributed by atoms with E-state index in [1.165, 1.54) is 11.3 Å². The first-order chi connectivity index (χ1) is 13.1. The molecule has 0 spiro atoms. The Kier molecular flexibility index (Phi) is 4.73. The molecule has 2 aromatic carbocycles. The summed E-state index contributed by atoms with van der Waals surface area (Å²) in [4.78, 5) is 30.6. The van der Waals surface area contributed by atoms with Crippen molar-refractivity contribution < 1.29 is 9.59 Å². The van der Waals surface area contributed by atoms with Gasteiger partial charge in [-0.3, -0.25) is 14.9 Å². The molecular weight excluding hydrogens is 358 g/mol. The normalized spacial score (nSPS) is 15.2. The molecule has 1 unspecified atom stereocenters. The van der Waals surface area contributed by atoms with Crippen molar-refractivity contribution in [2.45, 2.75) is 25.7 Å². The highest BCUT2D eigenvalue weighted by Gasteiger charge is 2.33. The van der Waals surface area contributed by atoms with Gasteiger partial charge in [0, 0.05) is 16.1 Å². The summed E-state index contributed by atoms with van der Waals surface area (Å²) in [5, 5.41) is 6.36. The zero-order valence-electron chi connectivity index (χ0n) is 14.9. The summed E-state index contributed by atoms with van der Waals surface area (Å²) in [5.41, 5.74) is 3.26. The van der Waals surface area contributed by atoms with E-state index in [0.29, 0.717) is 10.7 Å². The molecule has 0 aliphatic heterocycles. The average molecular weight is 377 g/mol. The van der Waals surface area contributed by atoms with Crippen molar-refractivity contribution in [3.63, 3.8) is 0 Å². The van der Waals surface area contributed by atoms with Crippen LogP contribution in [0.1, 0.15) is 38.8 Å². The molecule has 0 saturated carbocycles. The number of rotatable bonds is 4. The van der Waals surface area contributed by atoms with Gasteiger partial charge in [-0.2, -0.15) is 0 Å². The third-order valence-corrected chi connectivity index (χ3v) is 5.62. The highest BCUT2D eigenvalue weighted by molar-refractivity contribution is 7.16. The van der Waals surface area contributed by atoms with E-state index < -0.39 is 0 Å². The van der Waals surface area contributed by atoms with Crippen LogP contribution in [-0.4, -0.2) is 16.8 Å². The quantitative estimate of drug-likeness (QED) is 0.709. The van der Waals surface area contributed by atoms with E-state index in [4.69, 9.17) is 0 Å². The summed E-state index contributed by atoms with van der Waals surface area (Å²) in [5.74, 6) is -0.520. The molecule has 2 N–H and O–H groups in total. The predicted octanol–water partition coefficient (Wildman–Crippen LogP) is 4.37. The molecule has 4 rings (SSSR count). The van der Waals surface area contributed by atoms with Gasteiger partial charge >= 0.3 is 0 Å². The SMILES string of the molecule is Cc1cccc(NC(=O)C2CCc3sc(NC(=O)c4ccccc4)nc32)c1. The summed E-state index contributed by atoms with van der Waals surface area (Å²) >= 11 is 1.45. The second kappa shape index (κ2) is 7.32. The topological polar surface area (TPSA) is 71.1 Å². The monoisotopic (exact) mass is 377 g/mol. The minimum absolute atomic E-state index is 0.0504. The van der Waals surface area contributed by atoms with E-state index in [-0.39, 0.29) is 17.7 Å². The van der Waals surface area contributed by atoms with E-state index in [0.717, 1.165) is 34.7 Å². The molecule has 0 radical (unpaired) electrons. The molecule has 3 aromatic rings. The number of carbonyl (C=O) groups is 2. The van der Waals surface area contributed by atoms with Gasteiger partial charge in [0.05, 0.1) is 11.6 Å². The average Bonchev–Trinajstić information content (AvgIpc) is 3.22. The van der Waals surface area contributed by atoms with Crippen molar-refractivity contribution in [2.75, 3.05) is 10.6 Å². The van der Waals surface area contributed by atoms with Crippen molar-refractivity contribution in [3.8, 4) is 0 Å². The highest BCUT2D eigenvalue weighted by Crippen LogP contribution is 2.39. The number of carbonyl (C=O) groups excluding carboxylic acids is 2. The van der Waals surface area contributed by atoms with Crippen LogP contribution in [0.25, 0.3) is 0 Å². The lowest BCUT2D eigenvalue weighted by molar-refractivity contribution is -0.117. The van der Waals surface area contributed by atoms with Gasteiger partial charge in [0.1, 0.15) is 0 Å². The van der Waals surface area contributed by atoms with Gasteiger partial charge in [0.2, 0.25) is 5.91 Å². The molecule has 136 valence electrons. The van der Waals surface area contributed by atoms with E-state index >= 15 is 0 Å². The fourth-order valence-electron chi connectivity index (χ4n) is 3.25. The summed E-state index contributed by atoms with van der Waals surface area (Å²) in [7, 11) is 0. The standard InChI is InChI=1S/C21H19N3O2S/c1-13-6-5-9-15(12-13)22-20(26)16-10-11-17-18(16)23-21(27-17)24-19(25)14-7-3-2-4-8-14/h2-9,12,16H,10-11H2,1H3,(H,22,26)(H,23,24,25). The van der Waals surface area contributed by atoms with E-state index in [9.17, 15) is 9.59 Å². The Balaban J connectivity index is 1.47. The van der Waals surface area contributed by atoms with Gasteiger partial charge in [-0.25, -0.2) is 4.98 Å². The first-order valence-corrected chi connectivity index (χ1v) is 9.65. The number of hydrogen-bond donors (Lipinski definition) is 2. The van der Waals surface area contributed by atoms with Gasteiger partial charge in [-0.15, -0.1) is 11.3 Å². The van der Waals surface area contributed by atoms with Crippen LogP contribution in [0.3, 0.4) is 0 Å². The Labute approximate surface area is 161 Å². The zero-order chi connectivity index (χ0) is 18.8. The molecule has 6 heteroatoms. The smallest absolute Gasteiger partial charge is 0.257 e. The number of nitrogens with zero attached hydrogens (tertiary/aromatic N) is 1. The molecule has 0 fully saturated rings. The number of thiazole rings is 1. The molecule has 2 amide bonds. The van der Waals surface area contributed by atoms with Crippen molar-refractivity contribution in [1.29, 1.82) is 0 Å². The molecule has 1 atom stereocenters. The Morgan fingerprint density at radius 1 is 1.07 bits per heavy atom. The highest BCUT2D eigenvalue weighted by atomic mass is 32.1. The minimum atomic E-state index is -0.279. The third-order valence-electron chi connectivity index (χ3n) is 4.58. The number of benzene rings is 2. The largest absolute Gasteiger partial charge is 0.326 e. The Morgan fingerprint density at radius 3 is 2.67 bits per heavy atom. The van der Waals surface area contributed by atoms with Crippen molar-refractivity contribution in [2.24, 2.45) is 0 Å². The first kappa shape index (κ1) is 17.4.